The second-order valence-electron chi connectivity index (χ2n) is 5.79. The van der Waals surface area contributed by atoms with Crippen molar-refractivity contribution in [2.24, 2.45) is 5.92 Å². The normalized spacial score (nSPS) is 11.5. The number of carbonyl (C=O) groups is 2. The van der Waals surface area contributed by atoms with Crippen molar-refractivity contribution in [3.05, 3.63) is 60.7 Å². The number of para-hydroxylation sites is 2. The van der Waals surface area contributed by atoms with Crippen LogP contribution in [-0.2, 0) is 9.59 Å². The first-order chi connectivity index (χ1) is 11.7. The molecule has 0 aromatic heterocycles. The van der Waals surface area contributed by atoms with Crippen LogP contribution in [0.2, 0.25) is 0 Å². The summed E-state index contributed by atoms with van der Waals surface area (Å²) in [7, 11) is 0. The van der Waals surface area contributed by atoms with Gasteiger partial charge >= 0.3 is 0 Å². The number of nitrogens with one attached hydrogen (secondary N) is 2. The van der Waals surface area contributed by atoms with Crippen LogP contribution in [-0.4, -0.2) is 11.8 Å². The summed E-state index contributed by atoms with van der Waals surface area (Å²) in [6.07, 6.45) is 2.57. The predicted molar refractivity (Wildman–Crippen MR) is 97.8 cm³/mol. The van der Waals surface area contributed by atoms with Crippen LogP contribution in [0.4, 0.5) is 11.4 Å². The molecule has 1 atom stereocenters. The highest BCUT2D eigenvalue weighted by atomic mass is 16.2. The summed E-state index contributed by atoms with van der Waals surface area (Å²) in [6, 6.07) is 18.8. The van der Waals surface area contributed by atoms with Gasteiger partial charge in [-0.25, -0.2) is 0 Å². The summed E-state index contributed by atoms with van der Waals surface area (Å²) < 4.78 is 0. The SMILES string of the molecule is CCCC(CCC(=O)Nc1ccccc1)C(=O)Nc1ccccc1. The molecule has 4 nitrogen and oxygen atoms in total. The molecule has 0 radical (unpaired) electrons. The lowest BCUT2D eigenvalue weighted by Gasteiger charge is -2.16. The fourth-order valence-electron chi connectivity index (χ4n) is 2.57. The second kappa shape index (κ2) is 9.50. The quantitative estimate of drug-likeness (QED) is 0.753. The van der Waals surface area contributed by atoms with Gasteiger partial charge in [0.25, 0.3) is 0 Å². The second-order valence-corrected chi connectivity index (χ2v) is 5.79. The van der Waals surface area contributed by atoms with E-state index < -0.39 is 0 Å². The molecule has 2 N–H and O–H groups in total. The molecular weight excluding hydrogens is 300 g/mol. The van der Waals surface area contributed by atoms with Crippen molar-refractivity contribution < 1.29 is 9.59 Å². The number of carbonyl (C=O) groups excluding carboxylic acids is 2. The minimum absolute atomic E-state index is 0.0180. The largest absolute Gasteiger partial charge is 0.326 e. The third-order valence-corrected chi connectivity index (χ3v) is 3.83. The van der Waals surface area contributed by atoms with Crippen molar-refractivity contribution in [1.82, 2.24) is 0 Å². The van der Waals surface area contributed by atoms with Crippen LogP contribution < -0.4 is 10.6 Å². The van der Waals surface area contributed by atoms with Crippen molar-refractivity contribution in [1.29, 1.82) is 0 Å². The average molecular weight is 324 g/mol. The number of hydrogen-bond acceptors (Lipinski definition) is 2. The standard InChI is InChI=1S/C20H24N2O2/c1-2-9-16(20(24)22-18-12-7-4-8-13-18)14-15-19(23)21-17-10-5-3-6-11-17/h3-8,10-13,16H,2,9,14-15H2,1H3,(H,21,23)(H,22,24). The molecular formula is C20H24N2O2. The zero-order valence-electron chi connectivity index (χ0n) is 14.0. The maximum atomic E-state index is 12.4. The Bertz CT molecular complexity index is 641. The third kappa shape index (κ3) is 5.88. The van der Waals surface area contributed by atoms with Gasteiger partial charge in [0.2, 0.25) is 11.8 Å². The van der Waals surface area contributed by atoms with Crippen molar-refractivity contribution in [3.8, 4) is 0 Å². The number of benzene rings is 2. The lowest BCUT2D eigenvalue weighted by Crippen LogP contribution is -2.24. The third-order valence-electron chi connectivity index (χ3n) is 3.83. The first kappa shape index (κ1) is 17.7. The van der Waals surface area contributed by atoms with E-state index in [1.807, 2.05) is 67.6 Å². The molecule has 0 fully saturated rings. The molecule has 2 aromatic carbocycles. The number of hydrogen-bond donors (Lipinski definition) is 2. The minimum atomic E-state index is -0.156. The van der Waals surface area contributed by atoms with Crippen molar-refractivity contribution in [2.45, 2.75) is 32.6 Å². The molecule has 0 saturated heterocycles. The van der Waals surface area contributed by atoms with Gasteiger partial charge in [-0.05, 0) is 37.1 Å². The Morgan fingerprint density at radius 3 is 1.92 bits per heavy atom. The maximum Gasteiger partial charge on any atom is 0.227 e. The number of anilines is 2. The highest BCUT2D eigenvalue weighted by Gasteiger charge is 2.19. The van der Waals surface area contributed by atoms with Crippen LogP contribution in [0.25, 0.3) is 0 Å². The molecule has 0 aliphatic carbocycles. The molecule has 0 spiro atoms. The minimum Gasteiger partial charge on any atom is -0.326 e. The predicted octanol–water partition coefficient (Wildman–Crippen LogP) is 4.46. The zero-order chi connectivity index (χ0) is 17.2. The van der Waals surface area contributed by atoms with Gasteiger partial charge < -0.3 is 10.6 Å². The van der Waals surface area contributed by atoms with E-state index in [4.69, 9.17) is 0 Å². The fraction of sp³-hybridized carbons (Fsp3) is 0.300. The summed E-state index contributed by atoms with van der Waals surface area (Å²) in [5.74, 6) is -0.234. The summed E-state index contributed by atoms with van der Waals surface area (Å²) in [5, 5.41) is 5.79. The van der Waals surface area contributed by atoms with Gasteiger partial charge in [0, 0.05) is 23.7 Å². The molecule has 0 saturated carbocycles. The van der Waals surface area contributed by atoms with Crippen LogP contribution in [0, 0.1) is 5.92 Å². The van der Waals surface area contributed by atoms with E-state index in [1.165, 1.54) is 0 Å². The van der Waals surface area contributed by atoms with E-state index in [2.05, 4.69) is 10.6 Å². The van der Waals surface area contributed by atoms with E-state index in [9.17, 15) is 9.59 Å². The molecule has 0 aliphatic rings. The number of rotatable bonds is 8. The molecule has 2 amide bonds. The number of amides is 2. The van der Waals surface area contributed by atoms with Gasteiger partial charge in [0.15, 0.2) is 0 Å². The topological polar surface area (TPSA) is 58.2 Å². The average Bonchev–Trinajstić information content (AvgIpc) is 2.60. The molecule has 126 valence electrons. The highest BCUT2D eigenvalue weighted by Crippen LogP contribution is 2.18. The summed E-state index contributed by atoms with van der Waals surface area (Å²) >= 11 is 0. The molecule has 4 heteroatoms. The monoisotopic (exact) mass is 324 g/mol. The summed E-state index contributed by atoms with van der Waals surface area (Å²) in [5.41, 5.74) is 1.57. The molecule has 24 heavy (non-hydrogen) atoms. The van der Waals surface area contributed by atoms with E-state index in [0.717, 1.165) is 24.2 Å². The molecule has 2 rings (SSSR count). The molecule has 0 aliphatic heterocycles. The zero-order valence-corrected chi connectivity index (χ0v) is 14.0. The summed E-state index contributed by atoms with van der Waals surface area (Å²) in [4.78, 5) is 24.5. The van der Waals surface area contributed by atoms with Crippen LogP contribution >= 0.6 is 0 Å². The van der Waals surface area contributed by atoms with Gasteiger partial charge in [-0.2, -0.15) is 0 Å². The van der Waals surface area contributed by atoms with Crippen LogP contribution in [0.5, 0.6) is 0 Å². The van der Waals surface area contributed by atoms with Crippen molar-refractivity contribution in [3.63, 3.8) is 0 Å². The summed E-state index contributed by atoms with van der Waals surface area (Å²) in [6.45, 7) is 2.05. The molecule has 0 bridgehead atoms. The van der Waals surface area contributed by atoms with Crippen LogP contribution in [0.15, 0.2) is 60.7 Å². The lowest BCUT2D eigenvalue weighted by atomic mass is 9.96. The Balaban J connectivity index is 1.86. The Kier molecular flexibility index (Phi) is 7.02. The maximum absolute atomic E-state index is 12.4. The molecule has 2 aromatic rings. The van der Waals surface area contributed by atoms with E-state index in [1.54, 1.807) is 0 Å². The Hall–Kier alpha value is -2.62. The van der Waals surface area contributed by atoms with Crippen LogP contribution in [0.1, 0.15) is 32.6 Å². The Labute approximate surface area is 143 Å². The first-order valence-electron chi connectivity index (χ1n) is 8.40. The fourth-order valence-corrected chi connectivity index (χ4v) is 2.57. The van der Waals surface area contributed by atoms with Gasteiger partial charge in [-0.1, -0.05) is 49.7 Å². The molecule has 0 heterocycles. The molecule has 1 unspecified atom stereocenters. The Morgan fingerprint density at radius 1 is 0.833 bits per heavy atom. The van der Waals surface area contributed by atoms with E-state index in [0.29, 0.717) is 12.8 Å². The van der Waals surface area contributed by atoms with Gasteiger partial charge in [-0.3, -0.25) is 9.59 Å². The smallest absolute Gasteiger partial charge is 0.227 e. The van der Waals surface area contributed by atoms with Gasteiger partial charge in [0.05, 0.1) is 0 Å². The van der Waals surface area contributed by atoms with E-state index >= 15 is 0 Å². The van der Waals surface area contributed by atoms with Gasteiger partial charge in [-0.15, -0.1) is 0 Å². The van der Waals surface area contributed by atoms with Crippen molar-refractivity contribution in [2.75, 3.05) is 10.6 Å². The first-order valence-corrected chi connectivity index (χ1v) is 8.40. The Morgan fingerprint density at radius 2 is 1.38 bits per heavy atom. The van der Waals surface area contributed by atoms with Crippen molar-refractivity contribution >= 4 is 23.2 Å². The highest BCUT2D eigenvalue weighted by molar-refractivity contribution is 5.94. The van der Waals surface area contributed by atoms with E-state index in [-0.39, 0.29) is 17.7 Å². The van der Waals surface area contributed by atoms with Gasteiger partial charge in [0.1, 0.15) is 0 Å². The van der Waals surface area contributed by atoms with Crippen LogP contribution in [0.3, 0.4) is 0 Å². The lowest BCUT2D eigenvalue weighted by molar-refractivity contribution is -0.121.